The van der Waals surface area contributed by atoms with Crippen molar-refractivity contribution in [1.82, 2.24) is 19.9 Å². The summed E-state index contributed by atoms with van der Waals surface area (Å²) in [5, 5.41) is 16.2. The summed E-state index contributed by atoms with van der Waals surface area (Å²) in [6.07, 6.45) is 0.505. The highest BCUT2D eigenvalue weighted by atomic mass is 16.5. The Morgan fingerprint density at radius 3 is 2.67 bits per heavy atom. The summed E-state index contributed by atoms with van der Waals surface area (Å²) < 4.78 is 7.06. The Hall–Kier alpha value is -3.71. The fourth-order valence-electron chi connectivity index (χ4n) is 3.28. The number of aliphatic hydroxyl groups is 1. The molecule has 0 saturated heterocycles. The number of aliphatic hydroxyl groups excluding tert-OH is 1. The van der Waals surface area contributed by atoms with Gasteiger partial charge in [0.15, 0.2) is 11.5 Å². The van der Waals surface area contributed by atoms with Gasteiger partial charge in [-0.05, 0) is 54.1 Å². The average Bonchev–Trinajstić information content (AvgIpc) is 3.20. The molecule has 2 aromatic heterocycles. The van der Waals surface area contributed by atoms with Crippen LogP contribution in [-0.2, 0) is 6.42 Å². The van der Waals surface area contributed by atoms with Crippen LogP contribution in [0.3, 0.4) is 0 Å². The van der Waals surface area contributed by atoms with Gasteiger partial charge in [-0.1, -0.05) is 18.2 Å². The number of fused-ring (bicyclic) bond motifs is 1. The van der Waals surface area contributed by atoms with Gasteiger partial charge in [-0.25, -0.2) is 9.50 Å². The SMILES string of the molecule is COc1ccc(-c2cccc3nc(Cc4cccc(C(=O)NCCO)c4)nn23)cc1. The molecule has 30 heavy (non-hydrogen) atoms. The zero-order valence-corrected chi connectivity index (χ0v) is 16.6. The summed E-state index contributed by atoms with van der Waals surface area (Å²) in [6.45, 7) is 0.137. The zero-order valence-electron chi connectivity index (χ0n) is 16.6. The van der Waals surface area contributed by atoms with Gasteiger partial charge >= 0.3 is 0 Å². The Balaban J connectivity index is 1.61. The Morgan fingerprint density at radius 1 is 1.10 bits per heavy atom. The fourth-order valence-corrected chi connectivity index (χ4v) is 3.28. The molecule has 2 aromatic carbocycles. The molecule has 2 heterocycles. The van der Waals surface area contributed by atoms with Crippen molar-refractivity contribution in [3.05, 3.63) is 83.7 Å². The van der Waals surface area contributed by atoms with E-state index in [1.54, 1.807) is 13.2 Å². The van der Waals surface area contributed by atoms with Gasteiger partial charge in [-0.2, -0.15) is 5.10 Å². The molecule has 0 radical (unpaired) electrons. The Labute approximate surface area is 174 Å². The Bertz CT molecular complexity index is 1170. The van der Waals surface area contributed by atoms with Crippen LogP contribution in [0.25, 0.3) is 16.9 Å². The first-order chi connectivity index (χ1) is 14.7. The number of methoxy groups -OCH3 is 1. The third kappa shape index (κ3) is 4.16. The van der Waals surface area contributed by atoms with E-state index in [9.17, 15) is 4.79 Å². The first-order valence-corrected chi connectivity index (χ1v) is 9.65. The highest BCUT2D eigenvalue weighted by Gasteiger charge is 2.11. The van der Waals surface area contributed by atoms with Crippen LogP contribution >= 0.6 is 0 Å². The van der Waals surface area contributed by atoms with Gasteiger partial charge < -0.3 is 15.2 Å². The number of pyridine rings is 1. The standard InChI is InChI=1S/C23H22N4O3/c1-30-19-10-8-17(9-11-19)20-6-3-7-22-25-21(26-27(20)22)15-16-4-2-5-18(14-16)23(29)24-12-13-28/h2-11,14,28H,12-13,15H2,1H3,(H,24,29). The quantitative estimate of drug-likeness (QED) is 0.496. The number of hydrogen-bond donors (Lipinski definition) is 2. The predicted octanol–water partition coefficient (Wildman–Crippen LogP) is 2.72. The molecule has 2 N–H and O–H groups in total. The van der Waals surface area contributed by atoms with E-state index in [1.807, 2.05) is 65.2 Å². The van der Waals surface area contributed by atoms with E-state index in [4.69, 9.17) is 14.9 Å². The molecule has 4 aromatic rings. The third-order valence-electron chi connectivity index (χ3n) is 4.74. The number of carbonyl (C=O) groups is 1. The van der Waals surface area contributed by atoms with Gasteiger partial charge in [0.1, 0.15) is 5.75 Å². The van der Waals surface area contributed by atoms with Crippen molar-refractivity contribution in [2.45, 2.75) is 6.42 Å². The second-order valence-corrected chi connectivity index (χ2v) is 6.79. The lowest BCUT2D eigenvalue weighted by Crippen LogP contribution is -2.26. The molecule has 0 fully saturated rings. The number of rotatable bonds is 7. The second kappa shape index (κ2) is 8.75. The van der Waals surface area contributed by atoms with E-state index in [-0.39, 0.29) is 19.1 Å². The summed E-state index contributed by atoms with van der Waals surface area (Å²) in [5.74, 6) is 1.26. The van der Waals surface area contributed by atoms with Crippen LogP contribution in [0, 0.1) is 0 Å². The molecule has 0 bridgehead atoms. The van der Waals surface area contributed by atoms with E-state index in [0.29, 0.717) is 17.8 Å². The van der Waals surface area contributed by atoms with Crippen LogP contribution in [0.5, 0.6) is 5.75 Å². The Kier molecular flexibility index (Phi) is 5.72. The van der Waals surface area contributed by atoms with Crippen LogP contribution in [0.15, 0.2) is 66.7 Å². The first kappa shape index (κ1) is 19.6. The van der Waals surface area contributed by atoms with E-state index >= 15 is 0 Å². The monoisotopic (exact) mass is 402 g/mol. The molecule has 4 rings (SSSR count). The third-order valence-corrected chi connectivity index (χ3v) is 4.74. The Morgan fingerprint density at radius 2 is 1.90 bits per heavy atom. The number of carbonyl (C=O) groups excluding carboxylic acids is 1. The summed E-state index contributed by atoms with van der Waals surface area (Å²) >= 11 is 0. The number of hydrogen-bond acceptors (Lipinski definition) is 5. The molecule has 0 aliphatic carbocycles. The lowest BCUT2D eigenvalue weighted by molar-refractivity contribution is 0.0944. The highest BCUT2D eigenvalue weighted by Crippen LogP contribution is 2.23. The van der Waals surface area contributed by atoms with E-state index in [0.717, 1.165) is 28.2 Å². The van der Waals surface area contributed by atoms with Gasteiger partial charge in [0.2, 0.25) is 0 Å². The number of aromatic nitrogens is 3. The smallest absolute Gasteiger partial charge is 0.251 e. The lowest BCUT2D eigenvalue weighted by atomic mass is 10.1. The molecule has 0 spiro atoms. The minimum Gasteiger partial charge on any atom is -0.497 e. The van der Waals surface area contributed by atoms with E-state index < -0.39 is 0 Å². The van der Waals surface area contributed by atoms with Crippen LogP contribution < -0.4 is 10.1 Å². The molecular formula is C23H22N4O3. The maximum atomic E-state index is 12.1. The molecule has 0 unspecified atom stereocenters. The maximum Gasteiger partial charge on any atom is 0.251 e. The number of nitrogens with one attached hydrogen (secondary N) is 1. The van der Waals surface area contributed by atoms with Gasteiger partial charge in [0.25, 0.3) is 5.91 Å². The van der Waals surface area contributed by atoms with Crippen molar-refractivity contribution >= 4 is 11.6 Å². The number of amides is 1. The predicted molar refractivity (Wildman–Crippen MR) is 114 cm³/mol. The van der Waals surface area contributed by atoms with E-state index in [1.165, 1.54) is 0 Å². The fraction of sp³-hybridized carbons (Fsp3) is 0.174. The average molecular weight is 402 g/mol. The molecule has 0 atom stereocenters. The lowest BCUT2D eigenvalue weighted by Gasteiger charge is -2.05. The molecular weight excluding hydrogens is 380 g/mol. The largest absolute Gasteiger partial charge is 0.497 e. The van der Waals surface area contributed by atoms with Crippen molar-refractivity contribution in [2.75, 3.05) is 20.3 Å². The van der Waals surface area contributed by atoms with Gasteiger partial charge in [-0.15, -0.1) is 0 Å². The number of benzene rings is 2. The van der Waals surface area contributed by atoms with Crippen LogP contribution in [0.4, 0.5) is 0 Å². The molecule has 0 aliphatic rings. The zero-order chi connectivity index (χ0) is 20.9. The molecule has 7 nitrogen and oxygen atoms in total. The maximum absolute atomic E-state index is 12.1. The van der Waals surface area contributed by atoms with Crippen molar-refractivity contribution in [2.24, 2.45) is 0 Å². The van der Waals surface area contributed by atoms with E-state index in [2.05, 4.69) is 10.3 Å². The number of nitrogens with zero attached hydrogens (tertiary/aromatic N) is 3. The molecule has 1 amide bonds. The van der Waals surface area contributed by atoms with Crippen LogP contribution in [0.2, 0.25) is 0 Å². The molecule has 7 heteroatoms. The van der Waals surface area contributed by atoms with Crippen LogP contribution in [0.1, 0.15) is 21.7 Å². The molecule has 0 aliphatic heterocycles. The topological polar surface area (TPSA) is 88.8 Å². The van der Waals surface area contributed by atoms with Crippen LogP contribution in [-0.4, -0.2) is 45.9 Å². The highest BCUT2D eigenvalue weighted by molar-refractivity contribution is 5.94. The summed E-state index contributed by atoms with van der Waals surface area (Å²) in [7, 11) is 1.64. The van der Waals surface area contributed by atoms with Crippen molar-refractivity contribution in [1.29, 1.82) is 0 Å². The summed E-state index contributed by atoms with van der Waals surface area (Å²) in [5.41, 5.74) is 4.19. The minimum atomic E-state index is -0.212. The first-order valence-electron chi connectivity index (χ1n) is 9.65. The van der Waals surface area contributed by atoms with Crippen molar-refractivity contribution in [3.8, 4) is 17.0 Å². The summed E-state index contributed by atoms with van der Waals surface area (Å²) in [6, 6.07) is 21.0. The molecule has 0 saturated carbocycles. The van der Waals surface area contributed by atoms with Crippen molar-refractivity contribution < 1.29 is 14.6 Å². The van der Waals surface area contributed by atoms with Gasteiger partial charge in [-0.3, -0.25) is 4.79 Å². The van der Waals surface area contributed by atoms with Gasteiger partial charge in [0.05, 0.1) is 19.4 Å². The number of ether oxygens (including phenoxy) is 1. The van der Waals surface area contributed by atoms with Crippen molar-refractivity contribution in [3.63, 3.8) is 0 Å². The van der Waals surface area contributed by atoms with Gasteiger partial charge in [0, 0.05) is 24.1 Å². The minimum absolute atomic E-state index is 0.0902. The molecule has 152 valence electrons. The summed E-state index contributed by atoms with van der Waals surface area (Å²) in [4.78, 5) is 16.8. The second-order valence-electron chi connectivity index (χ2n) is 6.79. The normalized spacial score (nSPS) is 10.9.